The van der Waals surface area contributed by atoms with E-state index < -0.39 is 0 Å². The van der Waals surface area contributed by atoms with Crippen molar-refractivity contribution in [3.8, 4) is 5.75 Å². The van der Waals surface area contributed by atoms with Gasteiger partial charge in [-0.05, 0) is 61.4 Å². The second-order valence-electron chi connectivity index (χ2n) is 8.60. The zero-order valence-electron chi connectivity index (χ0n) is 15.3. The van der Waals surface area contributed by atoms with Gasteiger partial charge in [-0.1, -0.05) is 6.07 Å². The van der Waals surface area contributed by atoms with Gasteiger partial charge >= 0.3 is 5.97 Å². The van der Waals surface area contributed by atoms with Crippen LogP contribution in [0.5, 0.6) is 5.75 Å². The van der Waals surface area contributed by atoms with Gasteiger partial charge in [-0.15, -0.1) is 0 Å². The predicted octanol–water partition coefficient (Wildman–Crippen LogP) is 1.90. The molecule has 5 heteroatoms. The van der Waals surface area contributed by atoms with Crippen LogP contribution in [0.1, 0.15) is 37.3 Å². The standard InChI is InChI=1S/C21H27NO4/c1-13(23)26-16-3-2-14-8-19-17-4-7-25-12-21(17,18(14)10-16)5-6-22(19)11-15-9-20(15)24/h2-3,10,15,17,19-20,24H,4-9,11-12H2,1H3/t15?,17-,19+,20?,21-/m0/s1. The van der Waals surface area contributed by atoms with Crippen molar-refractivity contribution >= 4 is 5.97 Å². The van der Waals surface area contributed by atoms with E-state index >= 15 is 0 Å². The quantitative estimate of drug-likeness (QED) is 0.661. The molecular weight excluding hydrogens is 330 g/mol. The molecule has 3 fully saturated rings. The second kappa shape index (κ2) is 6.04. The number of piperidine rings is 1. The summed E-state index contributed by atoms with van der Waals surface area (Å²) >= 11 is 0. The fourth-order valence-electron chi connectivity index (χ4n) is 5.72. The Hall–Kier alpha value is -1.43. The van der Waals surface area contributed by atoms with Gasteiger partial charge in [0, 0.05) is 37.5 Å². The van der Waals surface area contributed by atoms with Crippen LogP contribution in [0.25, 0.3) is 0 Å². The Labute approximate surface area is 154 Å². The van der Waals surface area contributed by atoms with Gasteiger partial charge in [0.25, 0.3) is 0 Å². The maximum Gasteiger partial charge on any atom is 0.308 e. The fraction of sp³-hybridized carbons (Fsp3) is 0.667. The van der Waals surface area contributed by atoms with Crippen molar-refractivity contribution in [2.45, 2.75) is 50.2 Å². The van der Waals surface area contributed by atoms with Crippen LogP contribution in [0.2, 0.25) is 0 Å². The Bertz CT molecular complexity index is 735. The lowest BCUT2D eigenvalue weighted by Crippen LogP contribution is -2.63. The normalized spacial score (nSPS) is 38.2. The molecule has 1 aromatic rings. The molecule has 2 saturated heterocycles. The van der Waals surface area contributed by atoms with Crippen molar-refractivity contribution in [3.63, 3.8) is 0 Å². The molecule has 2 aliphatic heterocycles. The van der Waals surface area contributed by atoms with E-state index in [4.69, 9.17) is 9.47 Å². The molecule has 5 nitrogen and oxygen atoms in total. The summed E-state index contributed by atoms with van der Waals surface area (Å²) in [6.07, 6.45) is 4.09. The van der Waals surface area contributed by atoms with Crippen LogP contribution >= 0.6 is 0 Å². The number of fused-ring (bicyclic) bond motifs is 1. The first-order valence-electron chi connectivity index (χ1n) is 9.88. The van der Waals surface area contributed by atoms with Gasteiger partial charge < -0.3 is 14.6 Å². The van der Waals surface area contributed by atoms with Crippen LogP contribution in [0.15, 0.2) is 18.2 Å². The van der Waals surface area contributed by atoms with Crippen molar-refractivity contribution < 1.29 is 19.4 Å². The van der Waals surface area contributed by atoms with Crippen molar-refractivity contribution in [2.75, 3.05) is 26.3 Å². The van der Waals surface area contributed by atoms with Gasteiger partial charge in [0.15, 0.2) is 0 Å². The molecule has 1 N–H and O–H groups in total. The predicted molar refractivity (Wildman–Crippen MR) is 96.2 cm³/mol. The number of nitrogens with zero attached hydrogens (tertiary/aromatic N) is 1. The summed E-state index contributed by atoms with van der Waals surface area (Å²) in [5.74, 6) is 1.43. The molecule has 1 saturated carbocycles. The first kappa shape index (κ1) is 16.7. The van der Waals surface area contributed by atoms with E-state index in [1.165, 1.54) is 18.1 Å². The number of carbonyl (C=O) groups is 1. The van der Waals surface area contributed by atoms with E-state index in [1.54, 1.807) is 0 Å². The zero-order chi connectivity index (χ0) is 17.9. The number of aliphatic hydroxyl groups is 1. The third kappa shape index (κ3) is 2.60. The number of rotatable bonds is 3. The number of hydrogen-bond donors (Lipinski definition) is 1. The van der Waals surface area contributed by atoms with Gasteiger partial charge in [0.2, 0.25) is 0 Å². The highest BCUT2D eigenvalue weighted by atomic mass is 16.5. The minimum absolute atomic E-state index is 0.0470. The minimum atomic E-state index is -0.273. The highest BCUT2D eigenvalue weighted by Gasteiger charge is 2.55. The number of likely N-dealkylation sites (tertiary alicyclic amines) is 1. The molecule has 0 spiro atoms. The van der Waals surface area contributed by atoms with Crippen molar-refractivity contribution in [3.05, 3.63) is 29.3 Å². The third-order valence-corrected chi connectivity index (χ3v) is 7.08. The molecular formula is C21H27NO4. The SMILES string of the molecule is CC(=O)Oc1ccc2c(c1)[C@]13CCN(CC4CC4O)[C@H](C2)[C@@H]1CCOC3. The molecule has 4 aliphatic rings. The van der Waals surface area contributed by atoms with Crippen LogP contribution in [-0.2, 0) is 21.4 Å². The van der Waals surface area contributed by atoms with Gasteiger partial charge in [-0.25, -0.2) is 0 Å². The summed E-state index contributed by atoms with van der Waals surface area (Å²) in [6, 6.07) is 6.69. The van der Waals surface area contributed by atoms with Crippen LogP contribution in [0.4, 0.5) is 0 Å². The maximum absolute atomic E-state index is 11.4. The van der Waals surface area contributed by atoms with Crippen molar-refractivity contribution in [1.29, 1.82) is 0 Å². The van der Waals surface area contributed by atoms with E-state index in [-0.39, 0.29) is 17.5 Å². The molecule has 5 rings (SSSR count). The summed E-state index contributed by atoms with van der Waals surface area (Å²) in [6.45, 7) is 5.14. The monoisotopic (exact) mass is 357 g/mol. The summed E-state index contributed by atoms with van der Waals surface area (Å²) in [4.78, 5) is 14.0. The topological polar surface area (TPSA) is 59.0 Å². The summed E-state index contributed by atoms with van der Waals surface area (Å²) < 4.78 is 11.3. The molecule has 0 radical (unpaired) electrons. The molecule has 26 heavy (non-hydrogen) atoms. The van der Waals surface area contributed by atoms with Crippen molar-refractivity contribution in [2.24, 2.45) is 11.8 Å². The van der Waals surface area contributed by atoms with E-state index in [0.29, 0.717) is 23.6 Å². The second-order valence-corrected chi connectivity index (χ2v) is 8.60. The Morgan fingerprint density at radius 2 is 2.31 bits per heavy atom. The molecule has 2 unspecified atom stereocenters. The average Bonchev–Trinajstić information content (AvgIpc) is 3.32. The maximum atomic E-state index is 11.4. The Kier molecular flexibility index (Phi) is 3.89. The van der Waals surface area contributed by atoms with Crippen LogP contribution in [0.3, 0.4) is 0 Å². The van der Waals surface area contributed by atoms with E-state index in [0.717, 1.165) is 52.0 Å². The van der Waals surface area contributed by atoms with Crippen LogP contribution < -0.4 is 4.74 Å². The Morgan fingerprint density at radius 3 is 3.08 bits per heavy atom. The lowest BCUT2D eigenvalue weighted by Gasteiger charge is -2.58. The van der Waals surface area contributed by atoms with E-state index in [1.807, 2.05) is 6.07 Å². The smallest absolute Gasteiger partial charge is 0.308 e. The zero-order valence-corrected chi connectivity index (χ0v) is 15.3. The number of ether oxygens (including phenoxy) is 2. The number of hydrogen-bond acceptors (Lipinski definition) is 5. The largest absolute Gasteiger partial charge is 0.427 e. The Morgan fingerprint density at radius 1 is 1.46 bits per heavy atom. The molecule has 140 valence electrons. The Balaban J connectivity index is 1.51. The first-order chi connectivity index (χ1) is 12.6. The fourth-order valence-corrected chi connectivity index (χ4v) is 5.72. The third-order valence-electron chi connectivity index (χ3n) is 7.08. The minimum Gasteiger partial charge on any atom is -0.427 e. The number of benzene rings is 1. The highest BCUT2D eigenvalue weighted by Crippen LogP contribution is 2.53. The summed E-state index contributed by atoms with van der Waals surface area (Å²) in [5, 5.41) is 9.79. The number of esters is 1. The molecule has 0 amide bonds. The van der Waals surface area contributed by atoms with E-state index in [9.17, 15) is 9.90 Å². The van der Waals surface area contributed by atoms with Gasteiger partial charge in [0.1, 0.15) is 5.75 Å². The average molecular weight is 357 g/mol. The van der Waals surface area contributed by atoms with Crippen LogP contribution in [-0.4, -0.2) is 54.4 Å². The molecule has 5 atom stereocenters. The summed E-state index contributed by atoms with van der Waals surface area (Å²) in [7, 11) is 0. The lowest BCUT2D eigenvalue weighted by molar-refractivity contribution is -0.131. The van der Waals surface area contributed by atoms with E-state index in [2.05, 4.69) is 17.0 Å². The van der Waals surface area contributed by atoms with Gasteiger partial charge in [-0.3, -0.25) is 9.69 Å². The molecule has 0 aromatic heterocycles. The molecule has 2 aliphatic carbocycles. The van der Waals surface area contributed by atoms with Gasteiger partial charge in [0.05, 0.1) is 12.7 Å². The number of aliphatic hydroxyl groups excluding tert-OH is 1. The summed E-state index contributed by atoms with van der Waals surface area (Å²) in [5.41, 5.74) is 2.75. The molecule has 2 bridgehead atoms. The lowest BCUT2D eigenvalue weighted by atomic mass is 9.56. The molecule has 1 aromatic carbocycles. The molecule has 2 heterocycles. The number of carbonyl (C=O) groups excluding carboxylic acids is 1. The van der Waals surface area contributed by atoms with Crippen molar-refractivity contribution in [1.82, 2.24) is 4.90 Å². The van der Waals surface area contributed by atoms with Crippen LogP contribution in [0, 0.1) is 11.8 Å². The highest BCUT2D eigenvalue weighted by molar-refractivity contribution is 5.69. The van der Waals surface area contributed by atoms with Gasteiger partial charge in [-0.2, -0.15) is 0 Å². The first-order valence-corrected chi connectivity index (χ1v) is 9.88.